The third-order valence-electron chi connectivity index (χ3n) is 3.72. The van der Waals surface area contributed by atoms with Gasteiger partial charge >= 0.3 is 0 Å². The zero-order valence-corrected chi connectivity index (χ0v) is 11.8. The lowest BCUT2D eigenvalue weighted by Crippen LogP contribution is -2.42. The summed E-state index contributed by atoms with van der Waals surface area (Å²) in [5, 5.41) is 0.356. The topological polar surface area (TPSA) is 72.4 Å². The maximum Gasteiger partial charge on any atom is 0.266 e. The van der Waals surface area contributed by atoms with E-state index in [2.05, 4.69) is 0 Å². The van der Waals surface area contributed by atoms with E-state index < -0.39 is 0 Å². The molecular weight excluding hydrogens is 277 g/mol. The number of halogens is 1. The Morgan fingerprint density at radius 1 is 1.35 bits per heavy atom. The van der Waals surface area contributed by atoms with Gasteiger partial charge in [-0.05, 0) is 25.0 Å². The second-order valence-corrected chi connectivity index (χ2v) is 6.14. The van der Waals surface area contributed by atoms with Crippen molar-refractivity contribution in [2.24, 2.45) is 5.73 Å². The van der Waals surface area contributed by atoms with Crippen LogP contribution in [-0.2, 0) is 0 Å². The van der Waals surface area contributed by atoms with Gasteiger partial charge in [-0.2, -0.15) is 0 Å². The molecule has 1 aromatic heterocycles. The molecule has 4 nitrogen and oxygen atoms in total. The molecule has 1 amide bonds. The van der Waals surface area contributed by atoms with E-state index in [1.807, 2.05) is 0 Å². The van der Waals surface area contributed by atoms with Crippen LogP contribution in [0.25, 0.3) is 10.1 Å². The second kappa shape index (κ2) is 5.03. The van der Waals surface area contributed by atoms with Crippen molar-refractivity contribution < 1.29 is 9.18 Å². The van der Waals surface area contributed by atoms with Gasteiger partial charge in [0.15, 0.2) is 0 Å². The molecule has 2 aromatic rings. The third-order valence-corrected chi connectivity index (χ3v) is 4.88. The predicted octanol–water partition coefficient (Wildman–Crippen LogP) is 2.19. The molecule has 106 valence electrons. The number of nitrogens with zero attached hydrogens (tertiary/aromatic N) is 1. The van der Waals surface area contributed by atoms with Gasteiger partial charge in [-0.1, -0.05) is 6.07 Å². The summed E-state index contributed by atoms with van der Waals surface area (Å²) in [6.45, 7) is 1.27. The molecule has 0 atom stereocenters. The van der Waals surface area contributed by atoms with Gasteiger partial charge in [0.2, 0.25) is 0 Å². The number of fused-ring (bicyclic) bond motifs is 1. The minimum atomic E-state index is -0.379. The fraction of sp³-hybridized carbons (Fsp3) is 0.357. The van der Waals surface area contributed by atoms with Crippen molar-refractivity contribution >= 4 is 33.0 Å². The number of amides is 1. The predicted molar refractivity (Wildman–Crippen MR) is 79.3 cm³/mol. The first-order valence-corrected chi connectivity index (χ1v) is 7.41. The van der Waals surface area contributed by atoms with Gasteiger partial charge in [0, 0.05) is 23.8 Å². The molecule has 0 saturated carbocycles. The first-order valence-electron chi connectivity index (χ1n) is 6.59. The van der Waals surface area contributed by atoms with Crippen LogP contribution in [-0.4, -0.2) is 29.9 Å². The largest absolute Gasteiger partial charge is 0.397 e. The van der Waals surface area contributed by atoms with Crippen molar-refractivity contribution in [2.45, 2.75) is 18.9 Å². The maximum atomic E-state index is 13.8. The van der Waals surface area contributed by atoms with E-state index in [4.69, 9.17) is 11.5 Å². The molecule has 1 aliphatic heterocycles. The monoisotopic (exact) mass is 293 g/mol. The van der Waals surface area contributed by atoms with Gasteiger partial charge in [-0.25, -0.2) is 4.39 Å². The van der Waals surface area contributed by atoms with Crippen LogP contribution in [0.3, 0.4) is 0 Å². The number of piperidine rings is 1. The molecular formula is C14H16FN3OS. The average molecular weight is 293 g/mol. The molecule has 0 aliphatic carbocycles. The van der Waals surface area contributed by atoms with Gasteiger partial charge in [-0.3, -0.25) is 4.79 Å². The molecule has 1 aliphatic rings. The lowest BCUT2D eigenvalue weighted by atomic mass is 10.1. The summed E-state index contributed by atoms with van der Waals surface area (Å²) in [4.78, 5) is 14.7. The lowest BCUT2D eigenvalue weighted by molar-refractivity contribution is 0.0720. The van der Waals surface area contributed by atoms with Crippen LogP contribution in [0, 0.1) is 5.82 Å². The van der Waals surface area contributed by atoms with E-state index in [0.717, 1.165) is 12.8 Å². The van der Waals surface area contributed by atoms with Crippen molar-refractivity contribution in [3.8, 4) is 0 Å². The number of nitrogens with two attached hydrogens (primary N) is 2. The zero-order chi connectivity index (χ0) is 14.3. The van der Waals surface area contributed by atoms with E-state index >= 15 is 0 Å². The Balaban J connectivity index is 1.96. The summed E-state index contributed by atoms with van der Waals surface area (Å²) in [7, 11) is 0. The quantitative estimate of drug-likeness (QED) is 0.846. The van der Waals surface area contributed by atoms with E-state index in [1.165, 1.54) is 17.4 Å². The van der Waals surface area contributed by atoms with Gasteiger partial charge in [0.05, 0.1) is 11.1 Å². The van der Waals surface area contributed by atoms with Crippen LogP contribution >= 0.6 is 11.3 Å². The highest BCUT2D eigenvalue weighted by Crippen LogP contribution is 2.36. The Bertz CT molecular complexity index is 662. The van der Waals surface area contributed by atoms with Crippen LogP contribution in [0.5, 0.6) is 0 Å². The normalized spacial score (nSPS) is 16.8. The smallest absolute Gasteiger partial charge is 0.266 e. The summed E-state index contributed by atoms with van der Waals surface area (Å²) >= 11 is 1.25. The fourth-order valence-electron chi connectivity index (χ4n) is 2.53. The number of hydrogen-bond donors (Lipinski definition) is 2. The Hall–Kier alpha value is -1.66. The number of carbonyl (C=O) groups excluding carboxylic acids is 1. The second-order valence-electron chi connectivity index (χ2n) is 5.09. The number of likely N-dealkylation sites (tertiary alicyclic amines) is 1. The molecule has 1 saturated heterocycles. The zero-order valence-electron chi connectivity index (χ0n) is 10.9. The van der Waals surface area contributed by atoms with Crippen LogP contribution in [0.1, 0.15) is 22.5 Å². The van der Waals surface area contributed by atoms with E-state index in [9.17, 15) is 9.18 Å². The van der Waals surface area contributed by atoms with Crippen LogP contribution in [0.2, 0.25) is 0 Å². The molecule has 6 heteroatoms. The Morgan fingerprint density at radius 3 is 2.70 bits per heavy atom. The Morgan fingerprint density at radius 2 is 2.05 bits per heavy atom. The van der Waals surface area contributed by atoms with Crippen molar-refractivity contribution in [3.63, 3.8) is 0 Å². The Labute approximate surface area is 120 Å². The number of anilines is 1. The maximum absolute atomic E-state index is 13.8. The van der Waals surface area contributed by atoms with Gasteiger partial charge in [0.1, 0.15) is 10.7 Å². The minimum Gasteiger partial charge on any atom is -0.397 e. The van der Waals surface area contributed by atoms with E-state index in [-0.39, 0.29) is 23.5 Å². The van der Waals surface area contributed by atoms with E-state index in [0.29, 0.717) is 28.1 Å². The average Bonchev–Trinajstić information content (AvgIpc) is 2.77. The first kappa shape index (κ1) is 13.3. The summed E-state index contributed by atoms with van der Waals surface area (Å²) in [5.74, 6) is -0.494. The third kappa shape index (κ3) is 2.14. The summed E-state index contributed by atoms with van der Waals surface area (Å²) in [6, 6.07) is 4.93. The SMILES string of the molecule is Nc1c(C(=O)N2CCC(N)CC2)sc2cccc(F)c12. The first-order chi connectivity index (χ1) is 9.58. The van der Waals surface area contributed by atoms with E-state index in [1.54, 1.807) is 17.0 Å². The van der Waals surface area contributed by atoms with Crippen molar-refractivity contribution in [3.05, 3.63) is 28.9 Å². The number of rotatable bonds is 1. The molecule has 3 rings (SSSR count). The minimum absolute atomic E-state index is 0.116. The standard InChI is InChI=1S/C14H16FN3OS/c15-9-2-1-3-10-11(9)12(17)13(20-10)14(19)18-6-4-8(16)5-7-18/h1-3,8H,4-7,16-17H2. The molecule has 0 bridgehead atoms. The molecule has 2 heterocycles. The Kier molecular flexibility index (Phi) is 3.35. The molecule has 0 radical (unpaired) electrons. The summed E-state index contributed by atoms with van der Waals surface area (Å²) in [6.07, 6.45) is 1.59. The number of carbonyl (C=O) groups is 1. The van der Waals surface area contributed by atoms with Crippen LogP contribution in [0.15, 0.2) is 18.2 Å². The summed E-state index contributed by atoms with van der Waals surface area (Å²) in [5.41, 5.74) is 12.1. The number of thiophene rings is 1. The molecule has 4 N–H and O–H groups in total. The number of benzene rings is 1. The molecule has 1 aromatic carbocycles. The highest BCUT2D eigenvalue weighted by Gasteiger charge is 2.26. The summed E-state index contributed by atoms with van der Waals surface area (Å²) < 4.78 is 14.5. The number of hydrogen-bond acceptors (Lipinski definition) is 4. The molecule has 20 heavy (non-hydrogen) atoms. The highest BCUT2D eigenvalue weighted by atomic mass is 32.1. The number of nitrogen functional groups attached to an aromatic ring is 1. The van der Waals surface area contributed by atoms with Gasteiger partial charge in [0.25, 0.3) is 5.91 Å². The van der Waals surface area contributed by atoms with Crippen molar-refractivity contribution in [1.82, 2.24) is 4.90 Å². The van der Waals surface area contributed by atoms with Gasteiger partial charge in [-0.15, -0.1) is 11.3 Å². The van der Waals surface area contributed by atoms with Crippen LogP contribution in [0.4, 0.5) is 10.1 Å². The fourth-order valence-corrected chi connectivity index (χ4v) is 3.64. The van der Waals surface area contributed by atoms with Crippen molar-refractivity contribution in [2.75, 3.05) is 18.8 Å². The van der Waals surface area contributed by atoms with Crippen LogP contribution < -0.4 is 11.5 Å². The molecule has 0 unspecified atom stereocenters. The van der Waals surface area contributed by atoms with Crippen molar-refractivity contribution in [1.29, 1.82) is 0 Å². The highest BCUT2D eigenvalue weighted by molar-refractivity contribution is 7.21. The molecule has 1 fully saturated rings. The van der Waals surface area contributed by atoms with Gasteiger partial charge < -0.3 is 16.4 Å². The molecule has 0 spiro atoms. The lowest BCUT2D eigenvalue weighted by Gasteiger charge is -2.29.